The van der Waals surface area contributed by atoms with Crippen LogP contribution in [0.15, 0.2) is 133 Å². The number of fused-ring (bicyclic) bond motifs is 3. The van der Waals surface area contributed by atoms with Crippen molar-refractivity contribution in [3.63, 3.8) is 0 Å². The zero-order valence-electron chi connectivity index (χ0n) is 31.5. The molecule has 5 aromatic carbocycles. The average Bonchev–Trinajstić information content (AvgIpc) is 3.99. The van der Waals surface area contributed by atoms with Crippen LogP contribution in [0.1, 0.15) is 75.7 Å². The summed E-state index contributed by atoms with van der Waals surface area (Å²) in [4.78, 5) is 1.66. The Kier molecular flexibility index (Phi) is 22.2. The summed E-state index contributed by atoms with van der Waals surface area (Å²) in [7, 11) is 0. The maximum Gasteiger partial charge on any atom is 0.113 e. The quantitative estimate of drug-likeness (QED) is 0.196. The molecule has 0 fully saturated rings. The molecule has 8 aromatic rings. The molecule has 3 aromatic heterocycles. The van der Waals surface area contributed by atoms with Gasteiger partial charge in [0.25, 0.3) is 0 Å². The molecule has 8 rings (SSSR count). The fourth-order valence-corrected chi connectivity index (χ4v) is 3.95. The molecule has 0 radical (unpaired) electrons. The van der Waals surface area contributed by atoms with E-state index in [1.165, 1.54) is 6.42 Å². The van der Waals surface area contributed by atoms with Crippen molar-refractivity contribution in [3.8, 4) is 11.4 Å². The molecule has 0 amide bonds. The second kappa shape index (κ2) is 26.3. The SMILES string of the molecule is CC.CC.CC.CC.CCC.c1ccc(-n2nc3ccccc3n2)cc1.c1ccc(-n2nnc3ccccc32)cc1.c1ccc2n[nH]nc2c1. The first-order chi connectivity index (χ1) is 24.8. The first-order valence-corrected chi connectivity index (χ1v) is 17.8. The number of H-pyrrole nitrogens is 1. The Morgan fingerprint density at radius 3 is 1.26 bits per heavy atom. The van der Waals surface area contributed by atoms with E-state index in [0.717, 1.165) is 44.5 Å². The summed E-state index contributed by atoms with van der Waals surface area (Å²) < 4.78 is 1.84. The molecule has 0 aliphatic heterocycles. The lowest BCUT2D eigenvalue weighted by Gasteiger charge is -2.00. The van der Waals surface area contributed by atoms with Crippen LogP contribution in [0.2, 0.25) is 0 Å². The third-order valence-electron chi connectivity index (χ3n) is 5.85. The highest BCUT2D eigenvalue weighted by Crippen LogP contribution is 2.15. The number of nitrogens with zero attached hydrogens (tertiary/aromatic N) is 8. The highest BCUT2D eigenvalue weighted by atomic mass is 15.5. The Balaban J connectivity index is 0.000000335. The van der Waals surface area contributed by atoms with Gasteiger partial charge in [-0.15, -0.1) is 15.3 Å². The van der Waals surface area contributed by atoms with E-state index in [4.69, 9.17) is 0 Å². The van der Waals surface area contributed by atoms with Gasteiger partial charge in [-0.25, -0.2) is 4.68 Å². The molecule has 0 aliphatic carbocycles. The van der Waals surface area contributed by atoms with E-state index >= 15 is 0 Å². The number of aromatic amines is 1. The standard InChI is InChI=1S/2C12H9N3.C6H5N3.C3H8.4C2H6/c1-2-6-10(7-3-1)15-12-9-5-4-8-11(12)13-14-15;1-2-6-10(7-3-1)15-13-11-8-4-5-9-12(11)14-15;1-2-4-6-5(3-1)7-9-8-6;1-3-2;4*1-2/h2*1-9H;1-4H,(H,7,8,9);3H2,1-2H3;4*1-2H3. The summed E-state index contributed by atoms with van der Waals surface area (Å²) in [5, 5.41) is 27.3. The van der Waals surface area contributed by atoms with Gasteiger partial charge in [0.1, 0.15) is 27.6 Å². The summed E-state index contributed by atoms with van der Waals surface area (Å²) >= 11 is 0. The molecule has 0 saturated heterocycles. The average molecular weight is 674 g/mol. The Morgan fingerprint density at radius 1 is 0.440 bits per heavy atom. The van der Waals surface area contributed by atoms with E-state index in [9.17, 15) is 0 Å². The monoisotopic (exact) mass is 673 g/mol. The molecule has 0 atom stereocenters. The number of hydrogen-bond acceptors (Lipinski definition) is 6. The van der Waals surface area contributed by atoms with E-state index in [2.05, 4.69) is 49.8 Å². The summed E-state index contributed by atoms with van der Waals surface area (Å²) in [6.45, 7) is 20.2. The number of rotatable bonds is 2. The normalized spacial score (nSPS) is 9.08. The second-order valence-electron chi connectivity index (χ2n) is 9.16. The minimum absolute atomic E-state index is 0.914. The number of para-hydroxylation sites is 5. The summed E-state index contributed by atoms with van der Waals surface area (Å²) in [6, 6.07) is 43.4. The molecule has 0 saturated carbocycles. The van der Waals surface area contributed by atoms with Crippen LogP contribution in [0.5, 0.6) is 0 Å². The van der Waals surface area contributed by atoms with Crippen molar-refractivity contribution in [3.05, 3.63) is 133 Å². The second-order valence-corrected chi connectivity index (χ2v) is 9.16. The van der Waals surface area contributed by atoms with Crippen LogP contribution in [-0.2, 0) is 0 Å². The fourth-order valence-electron chi connectivity index (χ4n) is 3.95. The Morgan fingerprint density at radius 2 is 0.800 bits per heavy atom. The maximum absolute atomic E-state index is 4.39. The smallest absolute Gasteiger partial charge is 0.113 e. The lowest BCUT2D eigenvalue weighted by molar-refractivity contribution is 0.766. The van der Waals surface area contributed by atoms with Gasteiger partial charge in [0, 0.05) is 0 Å². The summed E-state index contributed by atoms with van der Waals surface area (Å²) in [5.41, 5.74) is 7.63. The van der Waals surface area contributed by atoms with Crippen LogP contribution in [0.3, 0.4) is 0 Å². The molecule has 9 nitrogen and oxygen atoms in total. The van der Waals surface area contributed by atoms with Gasteiger partial charge in [-0.3, -0.25) is 0 Å². The number of benzene rings is 5. The first kappa shape index (κ1) is 42.3. The molecular weight excluding hydrogens is 619 g/mol. The lowest BCUT2D eigenvalue weighted by Crippen LogP contribution is -1.97. The van der Waals surface area contributed by atoms with Gasteiger partial charge in [0.15, 0.2) is 0 Å². The van der Waals surface area contributed by atoms with E-state index in [0.29, 0.717) is 0 Å². The molecule has 0 unspecified atom stereocenters. The molecule has 50 heavy (non-hydrogen) atoms. The van der Waals surface area contributed by atoms with Crippen LogP contribution < -0.4 is 0 Å². The maximum atomic E-state index is 4.39. The van der Waals surface area contributed by atoms with Crippen LogP contribution >= 0.6 is 0 Å². The molecule has 9 heteroatoms. The van der Waals surface area contributed by atoms with Gasteiger partial charge in [-0.1, -0.05) is 154 Å². The van der Waals surface area contributed by atoms with Crippen molar-refractivity contribution < 1.29 is 0 Å². The van der Waals surface area contributed by atoms with E-state index in [1.54, 1.807) is 4.80 Å². The van der Waals surface area contributed by atoms with Gasteiger partial charge >= 0.3 is 0 Å². The van der Waals surface area contributed by atoms with Crippen LogP contribution in [0.25, 0.3) is 44.5 Å². The third-order valence-corrected chi connectivity index (χ3v) is 5.85. The molecule has 0 spiro atoms. The van der Waals surface area contributed by atoms with Crippen molar-refractivity contribution in [2.24, 2.45) is 0 Å². The Labute approximate surface area is 298 Å². The molecular formula is C41H55N9. The van der Waals surface area contributed by atoms with Gasteiger partial charge < -0.3 is 0 Å². The number of aromatic nitrogens is 9. The molecule has 264 valence electrons. The van der Waals surface area contributed by atoms with Crippen molar-refractivity contribution in [2.75, 3.05) is 0 Å². The minimum Gasteiger partial charge on any atom is -0.213 e. The predicted octanol–water partition coefficient (Wildman–Crippen LogP) is 11.3. The zero-order chi connectivity index (χ0) is 37.0. The van der Waals surface area contributed by atoms with Crippen molar-refractivity contribution in [1.29, 1.82) is 0 Å². The molecule has 0 bridgehead atoms. The van der Waals surface area contributed by atoms with Gasteiger partial charge in [0.05, 0.1) is 16.9 Å². The Bertz CT molecular complexity index is 1870. The van der Waals surface area contributed by atoms with E-state index < -0.39 is 0 Å². The van der Waals surface area contributed by atoms with Crippen molar-refractivity contribution in [2.45, 2.75) is 75.7 Å². The minimum atomic E-state index is 0.914. The van der Waals surface area contributed by atoms with Gasteiger partial charge in [-0.05, 0) is 60.7 Å². The van der Waals surface area contributed by atoms with Crippen LogP contribution in [0.4, 0.5) is 0 Å². The Hall–Kier alpha value is -5.70. The fraction of sp³-hybridized carbons (Fsp3) is 0.268. The van der Waals surface area contributed by atoms with Crippen LogP contribution in [-0.4, -0.2) is 45.4 Å². The van der Waals surface area contributed by atoms with Crippen LogP contribution in [0, 0.1) is 0 Å². The summed E-state index contributed by atoms with van der Waals surface area (Å²) in [6.07, 6.45) is 1.25. The van der Waals surface area contributed by atoms with Gasteiger partial charge in [-0.2, -0.15) is 20.2 Å². The van der Waals surface area contributed by atoms with Gasteiger partial charge in [0.2, 0.25) is 0 Å². The van der Waals surface area contributed by atoms with E-state index in [-0.39, 0.29) is 0 Å². The third kappa shape index (κ3) is 13.1. The highest BCUT2D eigenvalue weighted by Gasteiger charge is 2.04. The molecule has 3 heterocycles. The lowest BCUT2D eigenvalue weighted by atomic mass is 10.3. The molecule has 0 aliphatic rings. The number of nitrogens with one attached hydrogen (secondary N) is 1. The van der Waals surface area contributed by atoms with E-state index in [1.807, 2.05) is 194 Å². The largest absolute Gasteiger partial charge is 0.213 e. The zero-order valence-corrected chi connectivity index (χ0v) is 31.5. The predicted molar refractivity (Wildman–Crippen MR) is 213 cm³/mol. The van der Waals surface area contributed by atoms with Crippen molar-refractivity contribution >= 4 is 33.1 Å². The topological polar surface area (TPSA) is 103 Å². The summed E-state index contributed by atoms with van der Waals surface area (Å²) in [5.74, 6) is 0. The first-order valence-electron chi connectivity index (χ1n) is 17.8. The number of hydrogen-bond donors (Lipinski definition) is 1. The van der Waals surface area contributed by atoms with Crippen molar-refractivity contribution in [1.82, 2.24) is 45.4 Å². The molecule has 1 N–H and O–H groups in total. The highest BCUT2D eigenvalue weighted by molar-refractivity contribution is 5.76.